The van der Waals surface area contributed by atoms with Gasteiger partial charge in [0, 0.05) is 15.8 Å². The van der Waals surface area contributed by atoms with Crippen LogP contribution in [0.2, 0.25) is 0 Å². The number of thioether (sulfide) groups is 1. The molecule has 1 amide bonds. The molecule has 6 heteroatoms. The lowest BCUT2D eigenvalue weighted by Crippen LogP contribution is -2.14. The highest BCUT2D eigenvalue weighted by molar-refractivity contribution is 8.02. The Kier molecular flexibility index (Phi) is 5.74. The maximum absolute atomic E-state index is 12.8. The van der Waals surface area contributed by atoms with Crippen molar-refractivity contribution in [1.29, 1.82) is 0 Å². The van der Waals surface area contributed by atoms with Gasteiger partial charge in [-0.3, -0.25) is 4.79 Å². The predicted molar refractivity (Wildman–Crippen MR) is 119 cm³/mol. The first kappa shape index (κ1) is 19.7. The molecule has 0 aliphatic carbocycles. The number of anilines is 1. The summed E-state index contributed by atoms with van der Waals surface area (Å²) >= 11 is 1.48. The largest absolute Gasteiger partial charge is 0.322 e. The predicted octanol–water partition coefficient (Wildman–Crippen LogP) is 4.89. The molecule has 0 aromatic heterocycles. The lowest BCUT2D eigenvalue weighted by molar-refractivity contribution is 0.102. The molecule has 3 aromatic rings. The Balaban J connectivity index is 1.47. The summed E-state index contributed by atoms with van der Waals surface area (Å²) in [6, 6.07) is 25.2. The molecule has 29 heavy (non-hydrogen) atoms. The van der Waals surface area contributed by atoms with Gasteiger partial charge in [-0.05, 0) is 41.8 Å². The van der Waals surface area contributed by atoms with E-state index in [0.29, 0.717) is 12.0 Å². The molecule has 0 radical (unpaired) electrons. The van der Waals surface area contributed by atoms with Gasteiger partial charge in [-0.15, -0.1) is 11.8 Å². The van der Waals surface area contributed by atoms with Gasteiger partial charge in [0.25, 0.3) is 5.91 Å². The summed E-state index contributed by atoms with van der Waals surface area (Å²) in [5.41, 5.74) is 3.49. The van der Waals surface area contributed by atoms with Crippen molar-refractivity contribution < 1.29 is 13.2 Å². The smallest absolute Gasteiger partial charge is 0.256 e. The van der Waals surface area contributed by atoms with Crippen LogP contribution in [0.3, 0.4) is 0 Å². The van der Waals surface area contributed by atoms with Gasteiger partial charge in [0.05, 0.1) is 17.1 Å². The van der Waals surface area contributed by atoms with Gasteiger partial charge in [-0.2, -0.15) is 0 Å². The Morgan fingerprint density at radius 3 is 2.21 bits per heavy atom. The highest BCUT2D eigenvalue weighted by Crippen LogP contribution is 2.33. The number of carbonyl (C=O) groups is 1. The average molecular weight is 424 g/mol. The van der Waals surface area contributed by atoms with Crippen LogP contribution in [0.15, 0.2) is 83.8 Å². The van der Waals surface area contributed by atoms with Gasteiger partial charge in [0.2, 0.25) is 0 Å². The molecule has 0 bridgehead atoms. The van der Waals surface area contributed by atoms with E-state index in [-0.39, 0.29) is 22.7 Å². The van der Waals surface area contributed by atoms with E-state index in [1.54, 1.807) is 6.07 Å². The fourth-order valence-corrected chi connectivity index (χ4v) is 6.99. The first-order chi connectivity index (χ1) is 14.0. The van der Waals surface area contributed by atoms with Gasteiger partial charge < -0.3 is 5.32 Å². The summed E-state index contributed by atoms with van der Waals surface area (Å²) in [4.78, 5) is 13.7. The fraction of sp³-hybridized carbons (Fsp3) is 0.174. The molecule has 148 valence electrons. The van der Waals surface area contributed by atoms with Crippen LogP contribution >= 0.6 is 11.8 Å². The summed E-state index contributed by atoms with van der Waals surface area (Å²) < 4.78 is 23.5. The molecule has 1 saturated heterocycles. The minimum atomic E-state index is -2.95. The molecule has 1 atom stereocenters. The molecule has 0 spiro atoms. The highest BCUT2D eigenvalue weighted by atomic mass is 32.2. The number of nitrogens with one attached hydrogen (secondary N) is 1. The zero-order chi connectivity index (χ0) is 20.3. The Hall–Kier alpha value is -2.57. The van der Waals surface area contributed by atoms with E-state index < -0.39 is 9.84 Å². The zero-order valence-electron chi connectivity index (χ0n) is 15.7. The Labute approximate surface area is 175 Å². The molecule has 1 N–H and O–H groups in total. The van der Waals surface area contributed by atoms with Crippen molar-refractivity contribution in [2.75, 3.05) is 16.8 Å². The third-order valence-electron chi connectivity index (χ3n) is 4.87. The average Bonchev–Trinajstić information content (AvgIpc) is 3.08. The molecule has 0 unspecified atom stereocenters. The van der Waals surface area contributed by atoms with Crippen LogP contribution in [0.5, 0.6) is 0 Å². The number of carbonyl (C=O) groups excluding carboxylic acids is 1. The molecule has 1 fully saturated rings. The van der Waals surface area contributed by atoms with Crippen molar-refractivity contribution in [3.05, 3.63) is 84.4 Å². The SMILES string of the molecule is O=C(Nc1ccc(-c2ccccc2)cc1)c1ccccc1S[C@H]1CCS(=O)(=O)C1. The van der Waals surface area contributed by atoms with E-state index in [9.17, 15) is 13.2 Å². The molecular formula is C23H21NO3S2. The number of sulfone groups is 1. The highest BCUT2D eigenvalue weighted by Gasteiger charge is 2.29. The number of hydrogen-bond acceptors (Lipinski definition) is 4. The molecule has 4 nitrogen and oxygen atoms in total. The maximum atomic E-state index is 12.8. The van der Waals surface area contributed by atoms with Crippen molar-refractivity contribution in [2.45, 2.75) is 16.6 Å². The number of rotatable bonds is 5. The van der Waals surface area contributed by atoms with Gasteiger partial charge in [-0.25, -0.2) is 8.42 Å². The Bertz CT molecular complexity index is 1110. The fourth-order valence-electron chi connectivity index (χ4n) is 3.37. The summed E-state index contributed by atoms with van der Waals surface area (Å²) in [7, 11) is -2.95. The van der Waals surface area contributed by atoms with E-state index in [2.05, 4.69) is 5.32 Å². The number of amides is 1. The van der Waals surface area contributed by atoms with Crippen LogP contribution in [-0.4, -0.2) is 31.1 Å². The molecule has 1 aliphatic heterocycles. The first-order valence-corrected chi connectivity index (χ1v) is 12.1. The molecular weight excluding hydrogens is 402 g/mol. The van der Waals surface area contributed by atoms with Gasteiger partial charge in [-0.1, -0.05) is 54.6 Å². The lowest BCUT2D eigenvalue weighted by Gasteiger charge is -2.13. The van der Waals surface area contributed by atoms with Crippen LogP contribution in [-0.2, 0) is 9.84 Å². The first-order valence-electron chi connectivity index (χ1n) is 9.43. The second-order valence-electron chi connectivity index (χ2n) is 7.04. The van der Waals surface area contributed by atoms with Crippen LogP contribution in [0.1, 0.15) is 16.8 Å². The standard InChI is InChI=1S/C23H21NO3S2/c25-23(24-19-12-10-18(11-13-19)17-6-2-1-3-7-17)21-8-4-5-9-22(21)28-20-14-15-29(26,27)16-20/h1-13,20H,14-16H2,(H,24,25)/t20-/m0/s1. The van der Waals surface area contributed by atoms with Gasteiger partial charge in [0.15, 0.2) is 9.84 Å². The Morgan fingerprint density at radius 2 is 1.52 bits per heavy atom. The zero-order valence-corrected chi connectivity index (χ0v) is 17.4. The normalized spacial score (nSPS) is 17.7. The van der Waals surface area contributed by atoms with E-state index >= 15 is 0 Å². The summed E-state index contributed by atoms with van der Waals surface area (Å²) in [5.74, 6) is 0.211. The van der Waals surface area contributed by atoms with E-state index in [1.807, 2.05) is 72.8 Å². The van der Waals surface area contributed by atoms with E-state index in [4.69, 9.17) is 0 Å². The Morgan fingerprint density at radius 1 is 0.862 bits per heavy atom. The molecule has 1 heterocycles. The quantitative estimate of drug-likeness (QED) is 0.635. The minimum absolute atomic E-state index is 0.000828. The molecule has 3 aromatic carbocycles. The minimum Gasteiger partial charge on any atom is -0.322 e. The van der Waals surface area contributed by atoms with E-state index in [1.165, 1.54) is 11.8 Å². The van der Waals surface area contributed by atoms with Crippen molar-refractivity contribution >= 4 is 33.2 Å². The number of benzene rings is 3. The third-order valence-corrected chi connectivity index (χ3v) is 8.19. The van der Waals surface area contributed by atoms with Crippen molar-refractivity contribution in [3.8, 4) is 11.1 Å². The third kappa shape index (κ3) is 4.89. The van der Waals surface area contributed by atoms with Crippen LogP contribution in [0, 0.1) is 0 Å². The van der Waals surface area contributed by atoms with Crippen molar-refractivity contribution in [1.82, 2.24) is 0 Å². The molecule has 0 saturated carbocycles. The lowest BCUT2D eigenvalue weighted by atomic mass is 10.1. The summed E-state index contributed by atoms with van der Waals surface area (Å²) in [6.07, 6.45) is 0.629. The van der Waals surface area contributed by atoms with Gasteiger partial charge in [0.1, 0.15) is 0 Å². The topological polar surface area (TPSA) is 63.2 Å². The second kappa shape index (κ2) is 8.43. The van der Waals surface area contributed by atoms with Crippen molar-refractivity contribution in [2.24, 2.45) is 0 Å². The molecule has 4 rings (SSSR count). The summed E-state index contributed by atoms with van der Waals surface area (Å²) in [6.45, 7) is 0. The van der Waals surface area contributed by atoms with Crippen molar-refractivity contribution in [3.63, 3.8) is 0 Å². The molecule has 1 aliphatic rings. The second-order valence-corrected chi connectivity index (χ2v) is 10.6. The maximum Gasteiger partial charge on any atom is 0.256 e. The van der Waals surface area contributed by atoms with Crippen LogP contribution in [0.4, 0.5) is 5.69 Å². The van der Waals surface area contributed by atoms with Crippen LogP contribution < -0.4 is 5.32 Å². The van der Waals surface area contributed by atoms with Gasteiger partial charge >= 0.3 is 0 Å². The number of hydrogen-bond donors (Lipinski definition) is 1. The monoisotopic (exact) mass is 423 g/mol. The van der Waals surface area contributed by atoms with Crippen LogP contribution in [0.25, 0.3) is 11.1 Å². The summed E-state index contributed by atoms with van der Waals surface area (Å²) in [5, 5.41) is 2.95. The van der Waals surface area contributed by atoms with E-state index in [0.717, 1.165) is 21.7 Å².